The predicted octanol–water partition coefficient (Wildman–Crippen LogP) is -0.691. The number of carbonyl (C=O) groups is 2. The normalized spacial score (nSPS) is 19.7. The highest BCUT2D eigenvalue weighted by atomic mass is 16.3. The van der Waals surface area contributed by atoms with Crippen LogP contribution in [0, 0.1) is 0 Å². The largest absolute Gasteiger partial charge is 0.394 e. The zero-order valence-corrected chi connectivity index (χ0v) is 6.91. The lowest BCUT2D eigenvalue weighted by Crippen LogP contribution is -2.42. The van der Waals surface area contributed by atoms with Gasteiger partial charge in [0.25, 0.3) is 0 Å². The summed E-state index contributed by atoms with van der Waals surface area (Å²) in [5, 5.41) is 11.2. The first-order valence-electron chi connectivity index (χ1n) is 3.91. The maximum Gasteiger partial charge on any atom is 0.324 e. The van der Waals surface area contributed by atoms with Crippen LogP contribution in [0.3, 0.4) is 0 Å². The zero-order chi connectivity index (χ0) is 9.14. The van der Waals surface area contributed by atoms with E-state index in [9.17, 15) is 9.59 Å². The van der Waals surface area contributed by atoms with Gasteiger partial charge >= 0.3 is 6.03 Å². The average molecular weight is 172 g/mol. The lowest BCUT2D eigenvalue weighted by molar-refractivity contribution is -0.127. The molecular weight excluding hydrogens is 160 g/mol. The molecule has 5 nitrogen and oxygen atoms in total. The monoisotopic (exact) mass is 172 g/mol. The second-order valence-electron chi connectivity index (χ2n) is 2.67. The number of nitrogens with zero attached hydrogens (tertiary/aromatic N) is 1. The second kappa shape index (κ2) is 3.53. The molecule has 0 aromatic carbocycles. The third-order valence-corrected chi connectivity index (χ3v) is 1.93. The summed E-state index contributed by atoms with van der Waals surface area (Å²) in [5.41, 5.74) is 0. The summed E-state index contributed by atoms with van der Waals surface area (Å²) in [6.45, 7) is 1.70. The van der Waals surface area contributed by atoms with Gasteiger partial charge in [-0.3, -0.25) is 9.69 Å². The zero-order valence-electron chi connectivity index (χ0n) is 6.91. The number of amides is 3. The molecule has 0 bridgehead atoms. The molecule has 1 aliphatic heterocycles. The molecule has 1 saturated heterocycles. The Hall–Kier alpha value is -1.10. The van der Waals surface area contributed by atoms with E-state index in [0.717, 1.165) is 4.90 Å². The Morgan fingerprint density at radius 3 is 2.67 bits per heavy atom. The molecular formula is C7H12N2O3. The van der Waals surface area contributed by atoms with Crippen LogP contribution in [0.1, 0.15) is 13.3 Å². The van der Waals surface area contributed by atoms with Gasteiger partial charge in [-0.2, -0.15) is 0 Å². The van der Waals surface area contributed by atoms with Gasteiger partial charge in [-0.1, -0.05) is 6.92 Å². The molecule has 2 N–H and O–H groups in total. The Balaban J connectivity index is 2.70. The molecule has 1 fully saturated rings. The van der Waals surface area contributed by atoms with Crippen LogP contribution in [0.5, 0.6) is 0 Å². The van der Waals surface area contributed by atoms with Gasteiger partial charge in [-0.15, -0.1) is 0 Å². The lowest BCUT2D eigenvalue weighted by Gasteiger charge is -2.21. The van der Waals surface area contributed by atoms with E-state index in [1.54, 1.807) is 0 Å². The van der Waals surface area contributed by atoms with Crippen LogP contribution >= 0.6 is 0 Å². The van der Waals surface area contributed by atoms with Gasteiger partial charge in [0, 0.05) is 0 Å². The number of carbonyl (C=O) groups excluding carboxylic acids is 2. The molecule has 1 atom stereocenters. The average Bonchev–Trinajstić information content (AvgIpc) is 2.38. The quantitative estimate of drug-likeness (QED) is 0.553. The summed E-state index contributed by atoms with van der Waals surface area (Å²) < 4.78 is 0. The van der Waals surface area contributed by atoms with Crippen LogP contribution in [0.25, 0.3) is 0 Å². The SMILES string of the molecule is CCC(CO)N1C(=O)CNC1=O. The number of hydrogen-bond donors (Lipinski definition) is 2. The Morgan fingerprint density at radius 2 is 2.33 bits per heavy atom. The van der Waals surface area contributed by atoms with Gasteiger partial charge in [-0.05, 0) is 6.42 Å². The molecule has 68 valence electrons. The fourth-order valence-corrected chi connectivity index (χ4v) is 1.20. The van der Waals surface area contributed by atoms with Crippen molar-refractivity contribution in [1.82, 2.24) is 10.2 Å². The molecule has 3 amide bonds. The maximum atomic E-state index is 11.1. The first-order valence-corrected chi connectivity index (χ1v) is 3.91. The van der Waals surface area contributed by atoms with Crippen molar-refractivity contribution in [2.24, 2.45) is 0 Å². The molecule has 0 aromatic heterocycles. The fourth-order valence-electron chi connectivity index (χ4n) is 1.20. The molecule has 0 spiro atoms. The number of aliphatic hydroxyl groups excluding tert-OH is 1. The molecule has 12 heavy (non-hydrogen) atoms. The predicted molar refractivity (Wildman–Crippen MR) is 41.4 cm³/mol. The number of aliphatic hydroxyl groups is 1. The van der Waals surface area contributed by atoms with Crippen LogP contribution in [0.15, 0.2) is 0 Å². The van der Waals surface area contributed by atoms with Crippen molar-refractivity contribution < 1.29 is 14.7 Å². The van der Waals surface area contributed by atoms with Gasteiger partial charge < -0.3 is 10.4 Å². The van der Waals surface area contributed by atoms with Crippen molar-refractivity contribution in [2.75, 3.05) is 13.2 Å². The van der Waals surface area contributed by atoms with Gasteiger partial charge in [0.2, 0.25) is 5.91 Å². The van der Waals surface area contributed by atoms with Crippen LogP contribution in [0.2, 0.25) is 0 Å². The van der Waals surface area contributed by atoms with Crippen molar-refractivity contribution in [3.05, 3.63) is 0 Å². The Kier molecular flexibility index (Phi) is 2.65. The number of imide groups is 1. The van der Waals surface area contributed by atoms with Crippen LogP contribution < -0.4 is 5.32 Å². The molecule has 1 unspecified atom stereocenters. The number of urea groups is 1. The van der Waals surface area contributed by atoms with Crippen molar-refractivity contribution in [3.8, 4) is 0 Å². The molecule has 0 saturated carbocycles. The second-order valence-corrected chi connectivity index (χ2v) is 2.67. The number of hydrogen-bond acceptors (Lipinski definition) is 3. The van der Waals surface area contributed by atoms with E-state index in [1.165, 1.54) is 0 Å². The molecule has 0 radical (unpaired) electrons. The first kappa shape index (κ1) is 8.99. The van der Waals surface area contributed by atoms with Crippen molar-refractivity contribution in [2.45, 2.75) is 19.4 Å². The smallest absolute Gasteiger partial charge is 0.324 e. The lowest BCUT2D eigenvalue weighted by atomic mass is 10.2. The number of rotatable bonds is 3. The topological polar surface area (TPSA) is 69.6 Å². The molecule has 1 rings (SSSR count). The Morgan fingerprint density at radius 1 is 1.67 bits per heavy atom. The summed E-state index contributed by atoms with van der Waals surface area (Å²) in [6.07, 6.45) is 0.579. The summed E-state index contributed by atoms with van der Waals surface area (Å²) in [5.74, 6) is -0.263. The third-order valence-electron chi connectivity index (χ3n) is 1.93. The minimum Gasteiger partial charge on any atom is -0.394 e. The summed E-state index contributed by atoms with van der Waals surface area (Å²) in [6, 6.07) is -0.777. The molecule has 0 aliphatic carbocycles. The van der Waals surface area contributed by atoms with Gasteiger partial charge in [0.05, 0.1) is 19.2 Å². The molecule has 0 aromatic rings. The van der Waals surface area contributed by atoms with Crippen molar-refractivity contribution in [1.29, 1.82) is 0 Å². The highest BCUT2D eigenvalue weighted by molar-refractivity contribution is 6.02. The van der Waals surface area contributed by atoms with E-state index in [1.807, 2.05) is 6.92 Å². The Bertz CT molecular complexity index is 185. The van der Waals surface area contributed by atoms with Crippen LogP contribution in [-0.2, 0) is 4.79 Å². The van der Waals surface area contributed by atoms with Gasteiger partial charge in [-0.25, -0.2) is 4.79 Å². The minimum atomic E-state index is -0.402. The standard InChI is InChI=1S/C7H12N2O3/c1-2-5(4-10)9-6(11)3-8-7(9)12/h5,10H,2-4H2,1H3,(H,8,12). The van der Waals surface area contributed by atoms with Gasteiger partial charge in [0.15, 0.2) is 0 Å². The van der Waals surface area contributed by atoms with Crippen LogP contribution in [0.4, 0.5) is 4.79 Å². The third kappa shape index (κ3) is 1.40. The van der Waals surface area contributed by atoms with Crippen molar-refractivity contribution >= 4 is 11.9 Å². The number of nitrogens with one attached hydrogen (secondary N) is 1. The summed E-state index contributed by atoms with van der Waals surface area (Å²) >= 11 is 0. The molecule has 5 heteroatoms. The Labute approximate surface area is 70.4 Å². The summed E-state index contributed by atoms with van der Waals surface area (Å²) in [4.78, 5) is 23.2. The highest BCUT2D eigenvalue weighted by Gasteiger charge is 2.33. The fraction of sp³-hybridized carbons (Fsp3) is 0.714. The maximum absolute atomic E-state index is 11.1. The van der Waals surface area contributed by atoms with Crippen LogP contribution in [-0.4, -0.2) is 41.1 Å². The first-order chi connectivity index (χ1) is 5.70. The van der Waals surface area contributed by atoms with E-state index in [4.69, 9.17) is 5.11 Å². The summed E-state index contributed by atoms with van der Waals surface area (Å²) in [7, 11) is 0. The van der Waals surface area contributed by atoms with E-state index < -0.39 is 6.03 Å². The van der Waals surface area contributed by atoms with E-state index in [2.05, 4.69) is 5.32 Å². The molecule has 1 aliphatic rings. The van der Waals surface area contributed by atoms with Crippen molar-refractivity contribution in [3.63, 3.8) is 0 Å². The minimum absolute atomic E-state index is 0.0509. The highest BCUT2D eigenvalue weighted by Crippen LogP contribution is 2.08. The van der Waals surface area contributed by atoms with E-state index >= 15 is 0 Å². The van der Waals surface area contributed by atoms with E-state index in [-0.39, 0.29) is 25.1 Å². The van der Waals surface area contributed by atoms with Gasteiger partial charge in [0.1, 0.15) is 0 Å². The molecule has 1 heterocycles. The van der Waals surface area contributed by atoms with E-state index in [0.29, 0.717) is 6.42 Å².